The van der Waals surface area contributed by atoms with Gasteiger partial charge in [-0.25, -0.2) is 18.6 Å². The number of aromatic nitrogens is 1. The van der Waals surface area contributed by atoms with Gasteiger partial charge in [0.2, 0.25) is 0 Å². The number of hydrogen-bond donors (Lipinski definition) is 1. The molecule has 0 atom stereocenters. The van der Waals surface area contributed by atoms with E-state index in [0.29, 0.717) is 0 Å². The smallest absolute Gasteiger partial charge is 0.337 e. The van der Waals surface area contributed by atoms with Gasteiger partial charge >= 0.3 is 5.97 Å². The van der Waals surface area contributed by atoms with Crippen LogP contribution in [0.2, 0.25) is 5.02 Å². The highest BCUT2D eigenvalue weighted by atomic mass is 79.9. The van der Waals surface area contributed by atoms with E-state index in [1.54, 1.807) is 0 Å². The summed E-state index contributed by atoms with van der Waals surface area (Å²) in [6.07, 6.45) is -2.82. The zero-order valence-electron chi connectivity index (χ0n) is 7.18. The molecule has 0 amide bonds. The quantitative estimate of drug-likeness (QED) is 0.872. The Balaban J connectivity index is 3.35. The normalized spacial score (nSPS) is 10.7. The first-order valence-corrected chi connectivity index (χ1v) is 5.24. The molecule has 0 fully saturated rings. The number of halogens is 4. The summed E-state index contributed by atoms with van der Waals surface area (Å²) in [5.41, 5.74) is -0.750. The Kier molecular flexibility index (Phi) is 3.98. The molecule has 0 aliphatic heterocycles. The molecule has 0 aliphatic carbocycles. The maximum atomic E-state index is 12.4. The van der Waals surface area contributed by atoms with Crippen LogP contribution in [0.4, 0.5) is 8.78 Å². The van der Waals surface area contributed by atoms with Crippen LogP contribution < -0.4 is 0 Å². The van der Waals surface area contributed by atoms with Crippen molar-refractivity contribution < 1.29 is 18.7 Å². The molecule has 0 radical (unpaired) electrons. The molecule has 15 heavy (non-hydrogen) atoms. The summed E-state index contributed by atoms with van der Waals surface area (Å²) < 4.78 is 24.7. The molecule has 0 spiro atoms. The number of pyridine rings is 1. The van der Waals surface area contributed by atoms with Gasteiger partial charge in [0.15, 0.2) is 0 Å². The lowest BCUT2D eigenvalue weighted by molar-refractivity contribution is 0.0694. The number of carboxylic acid groups (broad SMARTS) is 1. The topological polar surface area (TPSA) is 50.2 Å². The Morgan fingerprint density at radius 3 is 2.67 bits per heavy atom. The Hall–Kier alpha value is -0.750. The van der Waals surface area contributed by atoms with Crippen LogP contribution in [-0.2, 0) is 5.33 Å². The van der Waals surface area contributed by atoms with E-state index in [-0.39, 0.29) is 21.6 Å². The molecule has 82 valence electrons. The predicted molar refractivity (Wildman–Crippen MR) is 53.8 cm³/mol. The highest BCUT2D eigenvalue weighted by Crippen LogP contribution is 2.27. The zero-order valence-corrected chi connectivity index (χ0v) is 9.52. The largest absolute Gasteiger partial charge is 0.478 e. The standard InChI is InChI=1S/C8H5BrClF2NO2/c9-2-5-3(8(14)15)1-4(10)6(13-5)7(11)12/h1,7H,2H2,(H,14,15). The molecule has 0 aromatic carbocycles. The maximum Gasteiger partial charge on any atom is 0.337 e. The molecular weight excluding hydrogens is 295 g/mol. The van der Waals surface area contributed by atoms with E-state index >= 15 is 0 Å². The van der Waals surface area contributed by atoms with Crippen molar-refractivity contribution in [1.82, 2.24) is 4.98 Å². The minimum atomic E-state index is -2.82. The van der Waals surface area contributed by atoms with Crippen LogP contribution in [0.3, 0.4) is 0 Å². The minimum Gasteiger partial charge on any atom is -0.478 e. The fraction of sp³-hybridized carbons (Fsp3) is 0.250. The third-order valence-corrected chi connectivity index (χ3v) is 2.48. The number of carboxylic acids is 1. The number of aromatic carboxylic acids is 1. The molecule has 0 unspecified atom stereocenters. The van der Waals surface area contributed by atoms with E-state index in [4.69, 9.17) is 16.7 Å². The van der Waals surface area contributed by atoms with Crippen molar-refractivity contribution in [1.29, 1.82) is 0 Å². The van der Waals surface area contributed by atoms with Gasteiger partial charge in [0, 0.05) is 5.33 Å². The molecule has 1 aromatic heterocycles. The van der Waals surface area contributed by atoms with E-state index in [1.807, 2.05) is 0 Å². The van der Waals surface area contributed by atoms with Gasteiger partial charge < -0.3 is 5.11 Å². The number of rotatable bonds is 3. The van der Waals surface area contributed by atoms with Gasteiger partial charge in [-0.15, -0.1) is 0 Å². The molecule has 1 N–H and O–H groups in total. The second-order valence-corrected chi connectivity index (χ2v) is 3.56. The van der Waals surface area contributed by atoms with Gasteiger partial charge in [0.05, 0.1) is 16.3 Å². The summed E-state index contributed by atoms with van der Waals surface area (Å²) in [5.74, 6) is -1.25. The summed E-state index contributed by atoms with van der Waals surface area (Å²) in [4.78, 5) is 14.2. The third-order valence-electron chi connectivity index (χ3n) is 1.65. The summed E-state index contributed by atoms with van der Waals surface area (Å²) in [6.45, 7) is 0. The molecule has 3 nitrogen and oxygen atoms in total. The van der Waals surface area contributed by atoms with Crippen LogP contribution in [0, 0.1) is 0 Å². The van der Waals surface area contributed by atoms with Crippen molar-refractivity contribution in [3.8, 4) is 0 Å². The first-order valence-electron chi connectivity index (χ1n) is 3.74. The molecule has 1 rings (SSSR count). The van der Waals surface area contributed by atoms with Gasteiger partial charge in [-0.2, -0.15) is 0 Å². The van der Waals surface area contributed by atoms with Crippen molar-refractivity contribution in [2.24, 2.45) is 0 Å². The van der Waals surface area contributed by atoms with Crippen LogP contribution in [0.25, 0.3) is 0 Å². The highest BCUT2D eigenvalue weighted by molar-refractivity contribution is 9.08. The summed E-state index contributed by atoms with van der Waals surface area (Å²) in [5, 5.41) is 8.48. The molecule has 0 saturated carbocycles. The number of alkyl halides is 3. The van der Waals surface area contributed by atoms with Crippen LogP contribution in [-0.4, -0.2) is 16.1 Å². The molecule has 1 heterocycles. The van der Waals surface area contributed by atoms with Crippen molar-refractivity contribution in [2.75, 3.05) is 0 Å². The third kappa shape index (κ3) is 2.63. The van der Waals surface area contributed by atoms with Crippen molar-refractivity contribution in [3.63, 3.8) is 0 Å². The average Bonchev–Trinajstić information content (AvgIpc) is 2.16. The minimum absolute atomic E-state index is 0.0298. The van der Waals surface area contributed by atoms with Gasteiger partial charge in [-0.1, -0.05) is 27.5 Å². The number of hydrogen-bond acceptors (Lipinski definition) is 2. The lowest BCUT2D eigenvalue weighted by Gasteiger charge is -2.07. The molecule has 1 aromatic rings. The molecular formula is C8H5BrClF2NO2. The average molecular weight is 300 g/mol. The van der Waals surface area contributed by atoms with Crippen LogP contribution in [0.1, 0.15) is 28.2 Å². The molecule has 0 saturated heterocycles. The number of carbonyl (C=O) groups is 1. The van der Waals surface area contributed by atoms with E-state index in [0.717, 1.165) is 6.07 Å². The Morgan fingerprint density at radius 2 is 2.27 bits per heavy atom. The summed E-state index contributed by atoms with van der Waals surface area (Å²) in [7, 11) is 0. The van der Waals surface area contributed by atoms with E-state index < -0.39 is 18.1 Å². The second kappa shape index (κ2) is 4.85. The fourth-order valence-electron chi connectivity index (χ4n) is 0.983. The first-order chi connectivity index (χ1) is 6.97. The number of nitrogens with zero attached hydrogens (tertiary/aromatic N) is 1. The molecule has 7 heteroatoms. The Bertz CT molecular complexity index is 400. The van der Waals surface area contributed by atoms with Gasteiger partial charge in [0.1, 0.15) is 5.69 Å². The summed E-state index contributed by atoms with van der Waals surface area (Å²) in [6, 6.07) is 0.981. The summed E-state index contributed by atoms with van der Waals surface area (Å²) >= 11 is 8.45. The van der Waals surface area contributed by atoms with E-state index in [2.05, 4.69) is 20.9 Å². The van der Waals surface area contributed by atoms with Crippen molar-refractivity contribution >= 4 is 33.5 Å². The first kappa shape index (κ1) is 12.3. The van der Waals surface area contributed by atoms with Gasteiger partial charge in [0.25, 0.3) is 6.43 Å². The lowest BCUT2D eigenvalue weighted by atomic mass is 10.2. The van der Waals surface area contributed by atoms with Crippen LogP contribution in [0.15, 0.2) is 6.07 Å². The lowest BCUT2D eigenvalue weighted by Crippen LogP contribution is -2.06. The molecule has 0 bridgehead atoms. The van der Waals surface area contributed by atoms with Crippen molar-refractivity contribution in [3.05, 3.63) is 28.0 Å². The zero-order chi connectivity index (χ0) is 11.6. The van der Waals surface area contributed by atoms with Gasteiger partial charge in [-0.05, 0) is 6.07 Å². The maximum absolute atomic E-state index is 12.4. The monoisotopic (exact) mass is 299 g/mol. The SMILES string of the molecule is O=C(O)c1cc(Cl)c(C(F)F)nc1CBr. The predicted octanol–water partition coefficient (Wildman–Crippen LogP) is 3.27. The fourth-order valence-corrected chi connectivity index (χ4v) is 1.64. The van der Waals surface area contributed by atoms with Crippen LogP contribution in [0.5, 0.6) is 0 Å². The van der Waals surface area contributed by atoms with E-state index in [9.17, 15) is 13.6 Å². The van der Waals surface area contributed by atoms with Gasteiger partial charge in [-0.3, -0.25) is 0 Å². The Morgan fingerprint density at radius 1 is 1.67 bits per heavy atom. The van der Waals surface area contributed by atoms with E-state index in [1.165, 1.54) is 0 Å². The molecule has 0 aliphatic rings. The van der Waals surface area contributed by atoms with Crippen LogP contribution >= 0.6 is 27.5 Å². The van der Waals surface area contributed by atoms with Crippen molar-refractivity contribution in [2.45, 2.75) is 11.8 Å². The highest BCUT2D eigenvalue weighted by Gasteiger charge is 2.20. The Labute approximate surface area is 97.2 Å². The second-order valence-electron chi connectivity index (χ2n) is 2.59.